The summed E-state index contributed by atoms with van der Waals surface area (Å²) in [5.41, 5.74) is 0.361. The highest BCUT2D eigenvalue weighted by molar-refractivity contribution is 7.99. The van der Waals surface area contributed by atoms with Gasteiger partial charge in [-0.1, -0.05) is 0 Å². The number of fused-ring (bicyclic) bond motifs is 1. The molecule has 33 heavy (non-hydrogen) atoms. The molecule has 1 amide bonds. The Hall–Kier alpha value is -2.29. The lowest BCUT2D eigenvalue weighted by molar-refractivity contribution is 0.0487. The molecule has 1 saturated carbocycles. The van der Waals surface area contributed by atoms with E-state index < -0.39 is 11.7 Å². The molecule has 0 radical (unpaired) electrons. The fourth-order valence-corrected chi connectivity index (χ4v) is 5.96. The number of ether oxygens (including phenoxy) is 1. The van der Waals surface area contributed by atoms with Crippen LogP contribution >= 0.6 is 11.8 Å². The number of nitrogens with zero attached hydrogens (tertiary/aromatic N) is 3. The predicted octanol–water partition coefficient (Wildman–Crippen LogP) is 3.94. The SMILES string of the molecule is Cc1cnc2c(c1)c(=O)n([C@H]1CC[C@@H](NC(=O)OC(C)(C)C)CC1)c(=O)n2C1CCSCC1. The Bertz CT molecular complexity index is 1140. The normalized spacial score (nSPS) is 22.3. The molecular weight excluding hydrogens is 440 g/mol. The van der Waals surface area contributed by atoms with Crippen molar-refractivity contribution < 1.29 is 9.53 Å². The van der Waals surface area contributed by atoms with E-state index in [9.17, 15) is 14.4 Å². The standard InChI is InChI=1S/C24H34N4O4S/c1-15-13-19-20(25-14-15)27(18-9-11-33-12-10-18)23(31)28(21(19)29)17-7-5-16(6-8-17)26-22(30)32-24(2,3)4/h13-14,16-18H,5-12H2,1-4H3,(H,26,30)/t16-,17+. The minimum Gasteiger partial charge on any atom is -0.444 e. The lowest BCUT2D eigenvalue weighted by Gasteiger charge is -2.32. The Morgan fingerprint density at radius 3 is 2.33 bits per heavy atom. The molecule has 1 saturated heterocycles. The van der Waals surface area contributed by atoms with Gasteiger partial charge in [0.1, 0.15) is 11.2 Å². The maximum Gasteiger partial charge on any atom is 0.407 e. The number of carbonyl (C=O) groups is 1. The van der Waals surface area contributed by atoms with E-state index in [-0.39, 0.29) is 29.4 Å². The molecular formula is C24H34N4O4S. The Balaban J connectivity index is 1.63. The maximum atomic E-state index is 13.7. The summed E-state index contributed by atoms with van der Waals surface area (Å²) < 4.78 is 8.61. The van der Waals surface area contributed by atoms with Crippen LogP contribution in [0, 0.1) is 6.92 Å². The van der Waals surface area contributed by atoms with Crippen molar-refractivity contribution in [3.8, 4) is 0 Å². The highest BCUT2D eigenvalue weighted by Crippen LogP contribution is 2.30. The van der Waals surface area contributed by atoms with Crippen LogP contribution in [0.5, 0.6) is 0 Å². The summed E-state index contributed by atoms with van der Waals surface area (Å²) in [6.07, 6.45) is 5.81. The summed E-state index contributed by atoms with van der Waals surface area (Å²) in [7, 11) is 0. The highest BCUT2D eigenvalue weighted by Gasteiger charge is 2.30. The second-order valence-corrected chi connectivity index (χ2v) is 11.4. The Morgan fingerprint density at radius 1 is 1.06 bits per heavy atom. The lowest BCUT2D eigenvalue weighted by Crippen LogP contribution is -2.47. The Kier molecular flexibility index (Phi) is 6.88. The van der Waals surface area contributed by atoms with Crippen molar-refractivity contribution in [1.29, 1.82) is 0 Å². The van der Waals surface area contributed by atoms with Gasteiger partial charge in [-0.3, -0.25) is 13.9 Å². The zero-order valence-corrected chi connectivity index (χ0v) is 20.7. The smallest absolute Gasteiger partial charge is 0.407 e. The van der Waals surface area contributed by atoms with E-state index in [4.69, 9.17) is 4.74 Å². The van der Waals surface area contributed by atoms with Crippen molar-refractivity contribution in [2.75, 3.05) is 11.5 Å². The van der Waals surface area contributed by atoms with E-state index in [1.165, 1.54) is 4.57 Å². The van der Waals surface area contributed by atoms with Crippen LogP contribution < -0.4 is 16.6 Å². The van der Waals surface area contributed by atoms with Crippen molar-refractivity contribution in [3.63, 3.8) is 0 Å². The number of aryl methyl sites for hydroxylation is 1. The molecule has 0 aromatic carbocycles. The summed E-state index contributed by atoms with van der Waals surface area (Å²) in [5, 5.41) is 3.45. The topological polar surface area (TPSA) is 95.2 Å². The first-order valence-corrected chi connectivity index (χ1v) is 13.0. The molecule has 0 atom stereocenters. The van der Waals surface area contributed by atoms with Gasteiger partial charge in [0.2, 0.25) is 0 Å². The molecule has 1 N–H and O–H groups in total. The number of alkyl carbamates (subject to hydrolysis) is 1. The van der Waals surface area contributed by atoms with Crippen LogP contribution in [0.15, 0.2) is 21.9 Å². The number of hydrogen-bond donors (Lipinski definition) is 1. The molecule has 3 heterocycles. The Morgan fingerprint density at radius 2 is 1.70 bits per heavy atom. The van der Waals surface area contributed by atoms with Gasteiger partial charge in [-0.05, 0) is 89.4 Å². The molecule has 0 unspecified atom stereocenters. The number of pyridine rings is 1. The van der Waals surface area contributed by atoms with Gasteiger partial charge in [-0.25, -0.2) is 14.6 Å². The maximum absolute atomic E-state index is 13.7. The van der Waals surface area contributed by atoms with Crippen molar-refractivity contribution in [2.24, 2.45) is 0 Å². The number of thioether (sulfide) groups is 1. The van der Waals surface area contributed by atoms with Crippen molar-refractivity contribution in [1.82, 2.24) is 19.4 Å². The van der Waals surface area contributed by atoms with E-state index >= 15 is 0 Å². The largest absolute Gasteiger partial charge is 0.444 e. The molecule has 9 heteroatoms. The van der Waals surface area contributed by atoms with Gasteiger partial charge in [0.25, 0.3) is 5.56 Å². The van der Waals surface area contributed by atoms with Crippen LogP contribution in [0.4, 0.5) is 4.79 Å². The van der Waals surface area contributed by atoms with Gasteiger partial charge >= 0.3 is 11.8 Å². The summed E-state index contributed by atoms with van der Waals surface area (Å²) >= 11 is 1.90. The molecule has 8 nitrogen and oxygen atoms in total. The number of amides is 1. The molecule has 2 aromatic rings. The fraction of sp³-hybridized carbons (Fsp3) is 0.667. The minimum atomic E-state index is -0.547. The molecule has 0 bridgehead atoms. The molecule has 4 rings (SSSR count). The summed E-state index contributed by atoms with van der Waals surface area (Å²) in [6.45, 7) is 7.42. The third-order valence-electron chi connectivity index (χ3n) is 6.43. The number of rotatable bonds is 3. The van der Waals surface area contributed by atoms with Crippen LogP contribution in [-0.4, -0.2) is 43.4 Å². The molecule has 1 aliphatic carbocycles. The third-order valence-corrected chi connectivity index (χ3v) is 7.48. The monoisotopic (exact) mass is 474 g/mol. The Labute approximate surface area is 198 Å². The molecule has 2 fully saturated rings. The number of nitrogens with one attached hydrogen (secondary N) is 1. The zero-order chi connectivity index (χ0) is 23.8. The average Bonchev–Trinajstić information content (AvgIpc) is 2.75. The molecule has 2 aliphatic rings. The van der Waals surface area contributed by atoms with E-state index in [2.05, 4.69) is 10.3 Å². The number of aromatic nitrogens is 3. The average molecular weight is 475 g/mol. The zero-order valence-electron chi connectivity index (χ0n) is 19.9. The van der Waals surface area contributed by atoms with E-state index in [0.29, 0.717) is 36.7 Å². The van der Waals surface area contributed by atoms with Crippen LogP contribution in [0.1, 0.15) is 76.9 Å². The first-order valence-electron chi connectivity index (χ1n) is 11.8. The van der Waals surface area contributed by atoms with Gasteiger partial charge in [0.05, 0.1) is 5.39 Å². The summed E-state index contributed by atoms with van der Waals surface area (Å²) in [4.78, 5) is 43.8. The van der Waals surface area contributed by atoms with Gasteiger partial charge < -0.3 is 10.1 Å². The second-order valence-electron chi connectivity index (χ2n) is 10.2. The summed E-state index contributed by atoms with van der Waals surface area (Å²) in [5.74, 6) is 2.01. The van der Waals surface area contributed by atoms with Crippen LogP contribution in [-0.2, 0) is 4.74 Å². The van der Waals surface area contributed by atoms with Gasteiger partial charge in [-0.15, -0.1) is 0 Å². The van der Waals surface area contributed by atoms with E-state index in [1.54, 1.807) is 10.8 Å². The minimum absolute atomic E-state index is 0.0197. The third kappa shape index (κ3) is 5.28. The first-order chi connectivity index (χ1) is 15.6. The first kappa shape index (κ1) is 23.9. The van der Waals surface area contributed by atoms with Crippen LogP contribution in [0.25, 0.3) is 11.0 Å². The summed E-state index contributed by atoms with van der Waals surface area (Å²) in [6, 6.07) is 1.71. The lowest BCUT2D eigenvalue weighted by atomic mass is 9.91. The predicted molar refractivity (Wildman–Crippen MR) is 131 cm³/mol. The number of hydrogen-bond acceptors (Lipinski definition) is 6. The van der Waals surface area contributed by atoms with Gasteiger partial charge in [0, 0.05) is 24.3 Å². The van der Waals surface area contributed by atoms with Crippen LogP contribution in [0.2, 0.25) is 0 Å². The highest BCUT2D eigenvalue weighted by atomic mass is 32.2. The van der Waals surface area contributed by atoms with Crippen molar-refractivity contribution in [2.45, 2.75) is 89.9 Å². The van der Waals surface area contributed by atoms with Crippen molar-refractivity contribution >= 4 is 28.9 Å². The van der Waals surface area contributed by atoms with Crippen molar-refractivity contribution in [3.05, 3.63) is 38.7 Å². The van der Waals surface area contributed by atoms with Crippen LogP contribution in [0.3, 0.4) is 0 Å². The number of carbonyl (C=O) groups excluding carboxylic acids is 1. The van der Waals surface area contributed by atoms with Gasteiger partial charge in [-0.2, -0.15) is 11.8 Å². The fourth-order valence-electron chi connectivity index (χ4n) is 4.88. The van der Waals surface area contributed by atoms with Gasteiger partial charge in [0.15, 0.2) is 0 Å². The molecule has 1 aliphatic heterocycles. The van der Waals surface area contributed by atoms with E-state index in [0.717, 1.165) is 29.9 Å². The molecule has 180 valence electrons. The molecule has 0 spiro atoms. The second kappa shape index (κ2) is 9.52. The quantitative estimate of drug-likeness (QED) is 0.724. The molecule has 2 aromatic heterocycles. The van der Waals surface area contributed by atoms with E-state index in [1.807, 2.05) is 45.5 Å².